The van der Waals surface area contributed by atoms with E-state index in [2.05, 4.69) is 12.1 Å². The van der Waals surface area contributed by atoms with E-state index in [1.807, 2.05) is 60.0 Å². The van der Waals surface area contributed by atoms with E-state index < -0.39 is 5.60 Å². The Kier molecular flexibility index (Phi) is 4.66. The number of hydrogen-bond donors (Lipinski definition) is 0. The van der Waals surface area contributed by atoms with Crippen molar-refractivity contribution in [1.82, 2.24) is 9.80 Å². The van der Waals surface area contributed by atoms with Crippen molar-refractivity contribution in [3.8, 4) is 0 Å². The Morgan fingerprint density at radius 2 is 1.77 bits per heavy atom. The molecule has 30 heavy (non-hydrogen) atoms. The maximum absolute atomic E-state index is 13.5. The van der Waals surface area contributed by atoms with E-state index in [4.69, 9.17) is 4.74 Å². The molecule has 3 aliphatic rings. The number of ether oxygens (including phenoxy) is 1. The van der Waals surface area contributed by atoms with Gasteiger partial charge in [-0.1, -0.05) is 48.0 Å². The Morgan fingerprint density at radius 1 is 1.03 bits per heavy atom. The molecule has 5 rings (SSSR count). The van der Waals surface area contributed by atoms with E-state index in [0.29, 0.717) is 25.9 Å². The molecule has 1 spiro atoms. The van der Waals surface area contributed by atoms with Gasteiger partial charge in [0.1, 0.15) is 6.23 Å². The third-order valence-electron chi connectivity index (χ3n) is 6.99. The van der Waals surface area contributed by atoms with Crippen LogP contribution in [0.25, 0.3) is 0 Å². The molecule has 3 aliphatic heterocycles. The highest BCUT2D eigenvalue weighted by atomic mass is 16.6. The second-order valence-electron chi connectivity index (χ2n) is 8.89. The normalized spacial score (nSPS) is 25.1. The molecule has 0 radical (unpaired) electrons. The van der Waals surface area contributed by atoms with Gasteiger partial charge in [-0.25, -0.2) is 0 Å². The topological polar surface area (TPSA) is 49.9 Å². The van der Waals surface area contributed by atoms with Gasteiger partial charge < -0.3 is 14.5 Å². The number of carbonyl (C=O) groups is 2. The summed E-state index contributed by atoms with van der Waals surface area (Å²) in [6.07, 6.45) is 2.81. The lowest BCUT2D eigenvalue weighted by Gasteiger charge is -2.37. The lowest BCUT2D eigenvalue weighted by atomic mass is 9.89. The summed E-state index contributed by atoms with van der Waals surface area (Å²) >= 11 is 0. The van der Waals surface area contributed by atoms with E-state index in [1.54, 1.807) is 0 Å². The predicted octanol–water partition coefficient (Wildman–Crippen LogP) is 4.00. The van der Waals surface area contributed by atoms with Gasteiger partial charge in [-0.3, -0.25) is 9.59 Å². The Hall–Kier alpha value is -2.66. The molecular weight excluding hydrogens is 376 g/mol. The zero-order chi connectivity index (χ0) is 20.9. The van der Waals surface area contributed by atoms with Crippen LogP contribution in [0.5, 0.6) is 0 Å². The van der Waals surface area contributed by atoms with Crippen molar-refractivity contribution in [3.63, 3.8) is 0 Å². The largest absolute Gasteiger partial charge is 0.342 e. The van der Waals surface area contributed by atoms with Crippen molar-refractivity contribution in [2.75, 3.05) is 13.1 Å². The van der Waals surface area contributed by atoms with Gasteiger partial charge in [0.2, 0.25) is 0 Å². The molecule has 3 fully saturated rings. The molecule has 0 aliphatic carbocycles. The minimum atomic E-state index is -0.767. The van der Waals surface area contributed by atoms with Crippen molar-refractivity contribution in [3.05, 3.63) is 70.8 Å². The summed E-state index contributed by atoms with van der Waals surface area (Å²) in [5.41, 5.74) is 3.24. The molecule has 3 saturated heterocycles. The number of benzene rings is 2. The van der Waals surface area contributed by atoms with Gasteiger partial charge in [-0.15, -0.1) is 0 Å². The van der Waals surface area contributed by atoms with Crippen LogP contribution in [0.1, 0.15) is 58.8 Å². The van der Waals surface area contributed by atoms with Crippen LogP contribution < -0.4 is 0 Å². The van der Waals surface area contributed by atoms with Crippen LogP contribution in [-0.2, 0) is 9.53 Å². The molecule has 0 bridgehead atoms. The first-order chi connectivity index (χ1) is 14.5. The molecule has 5 nitrogen and oxygen atoms in total. The average Bonchev–Trinajstić information content (AvgIpc) is 3.29. The number of fused-ring (bicyclic) bond motifs is 1. The number of piperidine rings is 1. The second-order valence-corrected chi connectivity index (χ2v) is 8.89. The monoisotopic (exact) mass is 404 g/mol. The quantitative estimate of drug-likeness (QED) is 0.760. The van der Waals surface area contributed by atoms with Gasteiger partial charge in [0.15, 0.2) is 5.60 Å². The highest BCUT2D eigenvalue weighted by Gasteiger charge is 2.58. The molecule has 0 N–H and O–H groups in total. The average molecular weight is 405 g/mol. The third kappa shape index (κ3) is 3.03. The zero-order valence-electron chi connectivity index (χ0n) is 17.6. The van der Waals surface area contributed by atoms with Crippen LogP contribution in [0.2, 0.25) is 0 Å². The molecule has 0 aromatic heterocycles. The number of likely N-dealkylation sites (tertiary alicyclic amines) is 1. The maximum atomic E-state index is 13.5. The van der Waals surface area contributed by atoms with E-state index >= 15 is 0 Å². The van der Waals surface area contributed by atoms with Crippen LogP contribution in [0.4, 0.5) is 0 Å². The Balaban J connectivity index is 1.31. The maximum Gasteiger partial charge on any atom is 0.257 e. The number of hydrogen-bond acceptors (Lipinski definition) is 3. The molecule has 0 unspecified atom stereocenters. The van der Waals surface area contributed by atoms with Crippen LogP contribution in [-0.4, -0.2) is 46.5 Å². The first-order valence-corrected chi connectivity index (χ1v) is 10.9. The first-order valence-electron chi connectivity index (χ1n) is 10.9. The number of nitrogens with zero attached hydrogens (tertiary/aromatic N) is 2. The molecule has 2 aromatic carbocycles. The van der Waals surface area contributed by atoms with Crippen molar-refractivity contribution >= 4 is 11.8 Å². The minimum Gasteiger partial charge on any atom is -0.342 e. The standard InChI is InChI=1S/C25H28N2O3/c1-17-8-9-18(2)20(16-17)23(28)26-14-12-25(13-15-26)24(29)27-21(10-11-22(27)30-25)19-6-4-3-5-7-19/h3-9,16,21-22H,10-15H2,1-2H3/t21-,22+/m0/s1. The van der Waals surface area contributed by atoms with Gasteiger partial charge in [0.25, 0.3) is 11.8 Å². The highest BCUT2D eigenvalue weighted by Crippen LogP contribution is 2.47. The number of rotatable bonds is 2. The summed E-state index contributed by atoms with van der Waals surface area (Å²) in [7, 11) is 0. The van der Waals surface area contributed by atoms with Gasteiger partial charge >= 0.3 is 0 Å². The van der Waals surface area contributed by atoms with E-state index in [-0.39, 0.29) is 24.1 Å². The van der Waals surface area contributed by atoms with Crippen molar-refractivity contribution in [2.45, 2.75) is 57.4 Å². The molecular formula is C25H28N2O3. The summed E-state index contributed by atoms with van der Waals surface area (Å²) < 4.78 is 6.39. The lowest BCUT2D eigenvalue weighted by Crippen LogP contribution is -2.51. The predicted molar refractivity (Wildman–Crippen MR) is 114 cm³/mol. The lowest BCUT2D eigenvalue weighted by molar-refractivity contribution is -0.142. The SMILES string of the molecule is Cc1ccc(C)c(C(=O)N2CCC3(CC2)O[C@@H]2CC[C@@H](c4ccccc4)N2C3=O)c1. The highest BCUT2D eigenvalue weighted by molar-refractivity contribution is 5.96. The van der Waals surface area contributed by atoms with Gasteiger partial charge in [-0.2, -0.15) is 0 Å². The fourth-order valence-corrected chi connectivity index (χ4v) is 5.26. The fraction of sp³-hybridized carbons (Fsp3) is 0.440. The van der Waals surface area contributed by atoms with Crippen molar-refractivity contribution in [1.29, 1.82) is 0 Å². The van der Waals surface area contributed by atoms with Crippen LogP contribution in [0.3, 0.4) is 0 Å². The molecule has 5 heteroatoms. The summed E-state index contributed by atoms with van der Waals surface area (Å²) in [6, 6.07) is 16.3. The second kappa shape index (κ2) is 7.24. The van der Waals surface area contributed by atoms with Crippen molar-refractivity contribution in [2.24, 2.45) is 0 Å². The Bertz CT molecular complexity index is 979. The molecule has 2 amide bonds. The molecule has 2 aromatic rings. The zero-order valence-corrected chi connectivity index (χ0v) is 17.6. The number of amides is 2. The molecule has 0 saturated carbocycles. The third-order valence-corrected chi connectivity index (χ3v) is 6.99. The van der Waals surface area contributed by atoms with Crippen molar-refractivity contribution < 1.29 is 14.3 Å². The first kappa shape index (κ1) is 19.3. The van der Waals surface area contributed by atoms with Gasteiger partial charge in [0, 0.05) is 31.5 Å². The van der Waals surface area contributed by atoms with E-state index in [9.17, 15) is 9.59 Å². The fourth-order valence-electron chi connectivity index (χ4n) is 5.26. The molecule has 156 valence electrons. The molecule has 3 heterocycles. The summed E-state index contributed by atoms with van der Waals surface area (Å²) in [5, 5.41) is 0. The van der Waals surface area contributed by atoms with Gasteiger partial charge in [0.05, 0.1) is 6.04 Å². The summed E-state index contributed by atoms with van der Waals surface area (Å²) in [4.78, 5) is 30.4. The minimum absolute atomic E-state index is 0.0548. The van der Waals surface area contributed by atoms with E-state index in [1.165, 1.54) is 5.56 Å². The van der Waals surface area contributed by atoms with Gasteiger partial charge in [-0.05, 0) is 43.9 Å². The number of aryl methyl sites for hydroxylation is 2. The Labute approximate surface area is 177 Å². The Morgan fingerprint density at radius 3 is 2.50 bits per heavy atom. The number of carbonyl (C=O) groups excluding carboxylic acids is 2. The van der Waals surface area contributed by atoms with E-state index in [0.717, 1.165) is 29.5 Å². The van der Waals surface area contributed by atoms with Crippen LogP contribution in [0.15, 0.2) is 48.5 Å². The molecule has 2 atom stereocenters. The summed E-state index contributed by atoms with van der Waals surface area (Å²) in [6.45, 7) is 5.08. The summed E-state index contributed by atoms with van der Waals surface area (Å²) in [5.74, 6) is 0.164. The van der Waals surface area contributed by atoms with Crippen LogP contribution in [0, 0.1) is 13.8 Å². The smallest absolute Gasteiger partial charge is 0.257 e. The van der Waals surface area contributed by atoms with Crippen LogP contribution >= 0.6 is 0 Å².